The first-order valence-electron chi connectivity index (χ1n) is 9.60. The van der Waals surface area contributed by atoms with Crippen molar-refractivity contribution in [1.29, 1.82) is 0 Å². The van der Waals surface area contributed by atoms with E-state index < -0.39 is 11.0 Å². The van der Waals surface area contributed by atoms with E-state index >= 15 is 0 Å². The van der Waals surface area contributed by atoms with Crippen molar-refractivity contribution in [1.82, 2.24) is 14.8 Å². The van der Waals surface area contributed by atoms with Crippen molar-refractivity contribution in [2.45, 2.75) is 51.2 Å². The summed E-state index contributed by atoms with van der Waals surface area (Å²) in [5, 5.41) is 10.3. The zero-order chi connectivity index (χ0) is 18.4. The normalized spacial score (nSPS) is 30.1. The van der Waals surface area contributed by atoms with Crippen LogP contribution in [-0.4, -0.2) is 56.9 Å². The van der Waals surface area contributed by atoms with Gasteiger partial charge in [-0.05, 0) is 43.2 Å². The molecule has 3 aliphatic rings. The molecule has 1 aromatic heterocycles. The van der Waals surface area contributed by atoms with Gasteiger partial charge in [0.15, 0.2) is 0 Å². The molecule has 0 aromatic carbocycles. The van der Waals surface area contributed by atoms with Crippen molar-refractivity contribution in [3.8, 4) is 0 Å². The van der Waals surface area contributed by atoms with Gasteiger partial charge in [0.05, 0.1) is 17.4 Å². The number of nitrogens with zero attached hydrogens (tertiary/aromatic N) is 3. The van der Waals surface area contributed by atoms with Gasteiger partial charge in [-0.15, -0.1) is 0 Å². The van der Waals surface area contributed by atoms with Gasteiger partial charge in [-0.25, -0.2) is 0 Å². The molecular formula is C20H27N3O3. The summed E-state index contributed by atoms with van der Waals surface area (Å²) in [5.41, 5.74) is -0.231. The van der Waals surface area contributed by atoms with Gasteiger partial charge in [-0.2, -0.15) is 0 Å². The van der Waals surface area contributed by atoms with E-state index in [-0.39, 0.29) is 24.2 Å². The van der Waals surface area contributed by atoms with Crippen LogP contribution < -0.4 is 0 Å². The lowest BCUT2D eigenvalue weighted by Gasteiger charge is -2.37. The van der Waals surface area contributed by atoms with Crippen molar-refractivity contribution in [2.24, 2.45) is 11.3 Å². The van der Waals surface area contributed by atoms with Crippen LogP contribution in [0, 0.1) is 11.3 Å². The quantitative estimate of drug-likeness (QED) is 0.888. The van der Waals surface area contributed by atoms with Crippen LogP contribution in [0.5, 0.6) is 0 Å². The maximum absolute atomic E-state index is 13.2. The van der Waals surface area contributed by atoms with Crippen LogP contribution in [0.4, 0.5) is 0 Å². The first-order valence-corrected chi connectivity index (χ1v) is 9.60. The van der Waals surface area contributed by atoms with Gasteiger partial charge in [0, 0.05) is 38.6 Å². The zero-order valence-electron chi connectivity index (χ0n) is 15.4. The second-order valence-electron chi connectivity index (χ2n) is 8.42. The number of rotatable bonds is 4. The summed E-state index contributed by atoms with van der Waals surface area (Å²) in [6.45, 7) is 4.49. The summed E-state index contributed by atoms with van der Waals surface area (Å²) < 4.78 is 0. The zero-order valence-corrected chi connectivity index (χ0v) is 15.4. The van der Waals surface area contributed by atoms with Gasteiger partial charge < -0.3 is 14.9 Å². The lowest BCUT2D eigenvalue weighted by molar-refractivity contribution is -0.141. The number of hydrogen-bond acceptors (Lipinski definition) is 4. The Bertz CT molecular complexity index is 704. The molecule has 2 saturated heterocycles. The number of carbonyl (C=O) groups is 2. The molecule has 140 valence electrons. The number of pyridine rings is 1. The summed E-state index contributed by atoms with van der Waals surface area (Å²) in [7, 11) is 0. The Morgan fingerprint density at radius 3 is 2.85 bits per heavy atom. The molecule has 0 unspecified atom stereocenters. The minimum atomic E-state index is -0.803. The predicted octanol–water partition coefficient (Wildman–Crippen LogP) is 1.58. The standard InChI is InChI=1S/C20H27N3O3/c1-15-12-23(17(24)10-19(26)5-3-6-19)14-20(15)7-9-22(18(20)25)13-16-4-2-8-21-11-16/h2,4,8,11,15,26H,3,5-7,9-10,12-14H2,1H3/t15-,20-/m1/s1. The monoisotopic (exact) mass is 357 g/mol. The highest BCUT2D eigenvalue weighted by atomic mass is 16.3. The van der Waals surface area contributed by atoms with Crippen molar-refractivity contribution in [2.75, 3.05) is 19.6 Å². The molecule has 1 aromatic rings. The third kappa shape index (κ3) is 2.90. The average Bonchev–Trinajstić information content (AvgIpc) is 3.10. The van der Waals surface area contributed by atoms with E-state index in [0.717, 1.165) is 24.9 Å². The molecule has 1 N–H and O–H groups in total. The largest absolute Gasteiger partial charge is 0.389 e. The van der Waals surface area contributed by atoms with Crippen LogP contribution >= 0.6 is 0 Å². The van der Waals surface area contributed by atoms with E-state index in [1.165, 1.54) is 0 Å². The Kier molecular flexibility index (Phi) is 4.26. The molecule has 1 saturated carbocycles. The number of hydrogen-bond donors (Lipinski definition) is 1. The fraction of sp³-hybridized carbons (Fsp3) is 0.650. The van der Waals surface area contributed by atoms with E-state index in [2.05, 4.69) is 11.9 Å². The van der Waals surface area contributed by atoms with Crippen LogP contribution in [0.1, 0.15) is 44.6 Å². The van der Waals surface area contributed by atoms with E-state index in [9.17, 15) is 14.7 Å². The second kappa shape index (κ2) is 6.34. The highest BCUT2D eigenvalue weighted by Gasteiger charge is 2.56. The average molecular weight is 357 g/mol. The van der Waals surface area contributed by atoms with Gasteiger partial charge >= 0.3 is 0 Å². The molecule has 2 atom stereocenters. The van der Waals surface area contributed by atoms with E-state index in [1.54, 1.807) is 12.4 Å². The number of aliphatic hydroxyl groups is 1. The maximum Gasteiger partial charge on any atom is 0.231 e. The van der Waals surface area contributed by atoms with E-state index in [1.807, 2.05) is 21.9 Å². The first kappa shape index (κ1) is 17.5. The Morgan fingerprint density at radius 1 is 1.38 bits per heavy atom. The highest BCUT2D eigenvalue weighted by Crippen LogP contribution is 2.46. The van der Waals surface area contributed by atoms with Crippen LogP contribution in [0.3, 0.4) is 0 Å². The fourth-order valence-electron chi connectivity index (χ4n) is 4.74. The number of likely N-dealkylation sites (tertiary alicyclic amines) is 2. The smallest absolute Gasteiger partial charge is 0.231 e. The maximum atomic E-state index is 13.2. The molecular weight excluding hydrogens is 330 g/mol. The van der Waals surface area contributed by atoms with Crippen LogP contribution in [0.15, 0.2) is 24.5 Å². The summed E-state index contributed by atoms with van der Waals surface area (Å²) in [4.78, 5) is 33.7. The predicted molar refractivity (Wildman–Crippen MR) is 95.9 cm³/mol. The van der Waals surface area contributed by atoms with Crippen LogP contribution in [0.25, 0.3) is 0 Å². The lowest BCUT2D eigenvalue weighted by Crippen LogP contribution is -2.44. The molecule has 0 bridgehead atoms. The molecule has 4 rings (SSSR count). The molecule has 6 heteroatoms. The molecule has 1 spiro atoms. The Morgan fingerprint density at radius 2 is 2.19 bits per heavy atom. The molecule has 2 aliphatic heterocycles. The summed E-state index contributed by atoms with van der Waals surface area (Å²) in [5.74, 6) is 0.301. The summed E-state index contributed by atoms with van der Waals surface area (Å²) in [6.07, 6.45) is 6.94. The Hall–Kier alpha value is -1.95. The second-order valence-corrected chi connectivity index (χ2v) is 8.42. The van der Waals surface area contributed by atoms with Gasteiger partial charge in [-0.1, -0.05) is 13.0 Å². The molecule has 1 aliphatic carbocycles. The van der Waals surface area contributed by atoms with Crippen molar-refractivity contribution < 1.29 is 14.7 Å². The Balaban J connectivity index is 1.43. The van der Waals surface area contributed by atoms with E-state index in [0.29, 0.717) is 32.5 Å². The fourth-order valence-corrected chi connectivity index (χ4v) is 4.74. The van der Waals surface area contributed by atoms with Gasteiger partial charge in [0.1, 0.15) is 0 Å². The molecule has 2 amide bonds. The van der Waals surface area contributed by atoms with Gasteiger partial charge in [0.25, 0.3) is 0 Å². The minimum Gasteiger partial charge on any atom is -0.389 e. The van der Waals surface area contributed by atoms with Gasteiger partial charge in [-0.3, -0.25) is 14.6 Å². The summed E-state index contributed by atoms with van der Waals surface area (Å²) in [6, 6.07) is 3.87. The molecule has 3 heterocycles. The third-order valence-electron chi connectivity index (χ3n) is 6.67. The number of carbonyl (C=O) groups excluding carboxylic acids is 2. The lowest BCUT2D eigenvalue weighted by atomic mass is 9.77. The molecule has 0 radical (unpaired) electrons. The first-order chi connectivity index (χ1) is 12.4. The number of amides is 2. The molecule has 6 nitrogen and oxygen atoms in total. The van der Waals surface area contributed by atoms with E-state index in [4.69, 9.17) is 0 Å². The Labute approximate surface area is 154 Å². The van der Waals surface area contributed by atoms with Crippen molar-refractivity contribution >= 4 is 11.8 Å². The summed E-state index contributed by atoms with van der Waals surface area (Å²) >= 11 is 0. The van der Waals surface area contributed by atoms with Crippen LogP contribution in [0.2, 0.25) is 0 Å². The third-order valence-corrected chi connectivity index (χ3v) is 6.67. The topological polar surface area (TPSA) is 73.7 Å². The van der Waals surface area contributed by atoms with Crippen LogP contribution in [-0.2, 0) is 16.1 Å². The van der Waals surface area contributed by atoms with Crippen molar-refractivity contribution in [3.63, 3.8) is 0 Å². The SMILES string of the molecule is C[C@@H]1CN(C(=O)CC2(O)CCC2)C[C@]12CCN(Cc1cccnc1)C2=O. The molecule has 26 heavy (non-hydrogen) atoms. The molecule has 3 fully saturated rings. The number of aromatic nitrogens is 1. The van der Waals surface area contributed by atoms with Crippen molar-refractivity contribution in [3.05, 3.63) is 30.1 Å². The minimum absolute atomic E-state index is 0.00515. The highest BCUT2D eigenvalue weighted by molar-refractivity contribution is 5.87. The van der Waals surface area contributed by atoms with Gasteiger partial charge in [0.2, 0.25) is 11.8 Å².